The van der Waals surface area contributed by atoms with Crippen LogP contribution in [0.15, 0.2) is 4.99 Å². The summed E-state index contributed by atoms with van der Waals surface area (Å²) >= 11 is 1.45. The van der Waals surface area contributed by atoms with E-state index in [9.17, 15) is 4.79 Å². The molecule has 0 amide bonds. The number of nitrogens with zero attached hydrogens (tertiary/aromatic N) is 3. The minimum atomic E-state index is 0.163. The molecular formula is C9H13N3OS. The smallest absolute Gasteiger partial charge is 0.208 e. The van der Waals surface area contributed by atoms with Crippen molar-refractivity contribution in [3.8, 4) is 6.19 Å². The van der Waals surface area contributed by atoms with Crippen molar-refractivity contribution in [2.24, 2.45) is 4.99 Å². The Morgan fingerprint density at radius 3 is 3.00 bits per heavy atom. The van der Waals surface area contributed by atoms with Crippen LogP contribution in [-0.2, 0) is 4.79 Å². The number of Topliss-reactive ketones (excluding diaryl/α,β-unsaturated/α-hetero) is 1. The van der Waals surface area contributed by atoms with Gasteiger partial charge in [-0.1, -0.05) is 11.8 Å². The fraction of sp³-hybridized carbons (Fsp3) is 0.667. The van der Waals surface area contributed by atoms with Gasteiger partial charge in [0.2, 0.25) is 6.19 Å². The molecule has 0 spiro atoms. The average molecular weight is 211 g/mol. The SMILES string of the molecule is CS/C(=N/C#N)N1CCC(=O)CC1C. The number of rotatable bonds is 0. The zero-order valence-corrected chi connectivity index (χ0v) is 9.17. The molecule has 1 fully saturated rings. The highest BCUT2D eigenvalue weighted by molar-refractivity contribution is 8.13. The van der Waals surface area contributed by atoms with Gasteiger partial charge in [-0.2, -0.15) is 5.26 Å². The molecule has 0 aromatic heterocycles. The number of carbonyl (C=O) groups is 1. The number of hydrogen-bond donors (Lipinski definition) is 0. The Labute approximate surface area is 88.0 Å². The van der Waals surface area contributed by atoms with Crippen LogP contribution < -0.4 is 0 Å². The largest absolute Gasteiger partial charge is 0.347 e. The maximum atomic E-state index is 11.1. The van der Waals surface area contributed by atoms with Crippen molar-refractivity contribution in [1.82, 2.24) is 4.90 Å². The first-order valence-electron chi connectivity index (χ1n) is 4.48. The number of thioether (sulfide) groups is 1. The van der Waals surface area contributed by atoms with Gasteiger partial charge in [-0.3, -0.25) is 4.79 Å². The Balaban J connectivity index is 2.73. The molecule has 5 heteroatoms. The molecule has 1 aliphatic heterocycles. The highest BCUT2D eigenvalue weighted by Gasteiger charge is 2.25. The Morgan fingerprint density at radius 2 is 2.50 bits per heavy atom. The van der Waals surface area contributed by atoms with Crippen LogP contribution in [0.25, 0.3) is 0 Å². The van der Waals surface area contributed by atoms with Crippen molar-refractivity contribution in [3.05, 3.63) is 0 Å². The van der Waals surface area contributed by atoms with E-state index in [4.69, 9.17) is 5.26 Å². The molecule has 1 heterocycles. The molecule has 1 aliphatic rings. The van der Waals surface area contributed by atoms with Gasteiger partial charge < -0.3 is 4.90 Å². The number of amidine groups is 1. The van der Waals surface area contributed by atoms with Crippen LogP contribution in [0.5, 0.6) is 0 Å². The molecule has 1 unspecified atom stereocenters. The van der Waals surface area contributed by atoms with E-state index in [1.807, 2.05) is 18.1 Å². The lowest BCUT2D eigenvalue weighted by molar-refractivity contribution is -0.121. The van der Waals surface area contributed by atoms with E-state index in [1.165, 1.54) is 11.8 Å². The lowest BCUT2D eigenvalue weighted by atomic mass is 10.0. The zero-order valence-electron chi connectivity index (χ0n) is 8.36. The number of ketones is 1. The summed E-state index contributed by atoms with van der Waals surface area (Å²) in [6.45, 7) is 2.67. The standard InChI is InChI=1S/C9H13N3OS/c1-7-5-8(13)3-4-12(7)9(14-2)11-6-10/h7H,3-5H2,1-2H3/b11-9+. The fourth-order valence-corrected chi connectivity index (χ4v) is 2.20. The second kappa shape index (κ2) is 5.01. The summed E-state index contributed by atoms with van der Waals surface area (Å²) in [6.07, 6.45) is 4.80. The van der Waals surface area contributed by atoms with Crippen LogP contribution in [0.2, 0.25) is 0 Å². The lowest BCUT2D eigenvalue weighted by Gasteiger charge is -2.33. The third kappa shape index (κ3) is 2.48. The number of nitriles is 1. The zero-order chi connectivity index (χ0) is 10.6. The normalized spacial score (nSPS) is 23.5. The second-order valence-corrected chi connectivity index (χ2v) is 4.01. The van der Waals surface area contributed by atoms with E-state index in [2.05, 4.69) is 4.99 Å². The third-order valence-electron chi connectivity index (χ3n) is 2.26. The number of likely N-dealkylation sites (tertiary alicyclic amines) is 1. The molecule has 1 saturated heterocycles. The van der Waals surface area contributed by atoms with Gasteiger partial charge in [0.1, 0.15) is 5.78 Å². The van der Waals surface area contributed by atoms with Crippen LogP contribution >= 0.6 is 11.8 Å². The van der Waals surface area contributed by atoms with Crippen molar-refractivity contribution >= 4 is 22.7 Å². The summed E-state index contributed by atoms with van der Waals surface area (Å²) in [5.74, 6) is 0.297. The van der Waals surface area contributed by atoms with Crippen LogP contribution in [0.3, 0.4) is 0 Å². The van der Waals surface area contributed by atoms with Crippen molar-refractivity contribution < 1.29 is 4.79 Å². The first kappa shape index (κ1) is 11.1. The highest BCUT2D eigenvalue weighted by atomic mass is 32.2. The molecule has 14 heavy (non-hydrogen) atoms. The molecule has 1 atom stereocenters. The molecule has 0 N–H and O–H groups in total. The molecule has 4 nitrogen and oxygen atoms in total. The number of hydrogen-bond acceptors (Lipinski definition) is 4. The van der Waals surface area contributed by atoms with Crippen molar-refractivity contribution in [2.45, 2.75) is 25.8 Å². The van der Waals surface area contributed by atoms with Gasteiger partial charge in [-0.15, -0.1) is 4.99 Å². The Morgan fingerprint density at radius 1 is 1.79 bits per heavy atom. The highest BCUT2D eigenvalue weighted by Crippen LogP contribution is 2.18. The minimum absolute atomic E-state index is 0.163. The molecule has 1 rings (SSSR count). The second-order valence-electron chi connectivity index (χ2n) is 3.23. The Hall–Kier alpha value is -1.02. The van der Waals surface area contributed by atoms with E-state index >= 15 is 0 Å². The predicted octanol–water partition coefficient (Wildman–Crippen LogP) is 1.24. The van der Waals surface area contributed by atoms with Crippen molar-refractivity contribution in [2.75, 3.05) is 12.8 Å². The summed E-state index contributed by atoms with van der Waals surface area (Å²) in [5.41, 5.74) is 0. The molecule has 0 aliphatic carbocycles. The molecule has 76 valence electrons. The Kier molecular flexibility index (Phi) is 3.96. The molecule has 0 aromatic carbocycles. The van der Waals surface area contributed by atoms with Gasteiger partial charge in [0.15, 0.2) is 5.17 Å². The van der Waals surface area contributed by atoms with E-state index in [1.54, 1.807) is 6.19 Å². The quantitative estimate of drug-likeness (QED) is 0.343. The maximum absolute atomic E-state index is 11.1. The summed E-state index contributed by atoms with van der Waals surface area (Å²) in [5, 5.41) is 9.21. The number of carbonyl (C=O) groups excluding carboxylic acids is 1. The molecule has 0 radical (unpaired) electrons. The number of aliphatic imine (C=N–C) groups is 1. The van der Waals surface area contributed by atoms with Crippen LogP contribution in [0.4, 0.5) is 0 Å². The third-order valence-corrected chi connectivity index (χ3v) is 2.95. The Bertz CT molecular complexity index is 295. The molecule has 0 saturated carbocycles. The van der Waals surface area contributed by atoms with E-state index in [-0.39, 0.29) is 6.04 Å². The van der Waals surface area contributed by atoms with Crippen molar-refractivity contribution in [1.29, 1.82) is 5.26 Å². The minimum Gasteiger partial charge on any atom is -0.347 e. The predicted molar refractivity (Wildman–Crippen MR) is 57.0 cm³/mol. The molecular weight excluding hydrogens is 198 g/mol. The maximum Gasteiger partial charge on any atom is 0.208 e. The van der Waals surface area contributed by atoms with Gasteiger partial charge in [0.25, 0.3) is 0 Å². The van der Waals surface area contributed by atoms with Gasteiger partial charge in [0, 0.05) is 25.4 Å². The van der Waals surface area contributed by atoms with E-state index in [0.717, 1.165) is 0 Å². The lowest BCUT2D eigenvalue weighted by Crippen LogP contribution is -2.43. The average Bonchev–Trinajstić information content (AvgIpc) is 2.15. The monoisotopic (exact) mass is 211 g/mol. The fourth-order valence-electron chi connectivity index (χ4n) is 1.56. The van der Waals surface area contributed by atoms with Gasteiger partial charge >= 0.3 is 0 Å². The van der Waals surface area contributed by atoms with Crippen LogP contribution in [-0.4, -0.2) is 34.7 Å². The summed E-state index contributed by atoms with van der Waals surface area (Å²) in [6, 6.07) is 0.163. The van der Waals surface area contributed by atoms with Gasteiger partial charge in [-0.25, -0.2) is 0 Å². The summed E-state index contributed by atoms with van der Waals surface area (Å²) < 4.78 is 0. The van der Waals surface area contributed by atoms with E-state index in [0.29, 0.717) is 30.3 Å². The first-order chi connectivity index (χ1) is 6.69. The van der Waals surface area contributed by atoms with Crippen molar-refractivity contribution in [3.63, 3.8) is 0 Å². The molecule has 0 aromatic rings. The first-order valence-corrected chi connectivity index (χ1v) is 5.70. The van der Waals surface area contributed by atoms with Crippen LogP contribution in [0, 0.1) is 11.5 Å². The summed E-state index contributed by atoms with van der Waals surface area (Å²) in [4.78, 5) is 16.9. The summed E-state index contributed by atoms with van der Waals surface area (Å²) in [7, 11) is 0. The van der Waals surface area contributed by atoms with Gasteiger partial charge in [-0.05, 0) is 13.2 Å². The molecule has 0 bridgehead atoms. The topological polar surface area (TPSA) is 56.5 Å². The van der Waals surface area contributed by atoms with E-state index < -0.39 is 0 Å². The van der Waals surface area contributed by atoms with Gasteiger partial charge in [0.05, 0.1) is 0 Å². The number of piperidine rings is 1. The van der Waals surface area contributed by atoms with Crippen LogP contribution in [0.1, 0.15) is 19.8 Å².